The van der Waals surface area contributed by atoms with E-state index in [2.05, 4.69) is 6.58 Å². The Hall–Kier alpha value is -3.34. The number of ketones is 1. The summed E-state index contributed by atoms with van der Waals surface area (Å²) < 4.78 is 5.55. The molecule has 5 heteroatoms. The smallest absolute Gasteiger partial charge is 0.295 e. The van der Waals surface area contributed by atoms with E-state index < -0.39 is 17.7 Å². The zero-order chi connectivity index (χ0) is 20.1. The number of hydrogen-bond acceptors (Lipinski definition) is 4. The van der Waals surface area contributed by atoms with Crippen LogP contribution in [0, 0.1) is 0 Å². The molecule has 0 spiro atoms. The Morgan fingerprint density at radius 3 is 2.43 bits per heavy atom. The number of amides is 1. The maximum Gasteiger partial charge on any atom is 0.295 e. The van der Waals surface area contributed by atoms with Gasteiger partial charge in [-0.3, -0.25) is 9.59 Å². The van der Waals surface area contributed by atoms with Crippen molar-refractivity contribution in [2.24, 2.45) is 0 Å². The van der Waals surface area contributed by atoms with Gasteiger partial charge >= 0.3 is 0 Å². The molecular formula is C23H23NO4. The Balaban J connectivity index is 2.06. The van der Waals surface area contributed by atoms with Gasteiger partial charge in [0.2, 0.25) is 0 Å². The van der Waals surface area contributed by atoms with E-state index in [0.29, 0.717) is 17.9 Å². The number of aliphatic hydroxyl groups excluding tert-OH is 1. The third-order valence-corrected chi connectivity index (χ3v) is 4.58. The maximum absolute atomic E-state index is 12.7. The van der Waals surface area contributed by atoms with Gasteiger partial charge < -0.3 is 14.7 Å². The number of likely N-dealkylation sites (tertiary alicyclic amines) is 1. The molecule has 144 valence electrons. The van der Waals surface area contributed by atoms with Crippen LogP contribution in [0.15, 0.2) is 72.8 Å². The SMILES string of the molecule is C=CCN1C(=O)C(=O)/C(=C(\O)c2ccc(OCCC)cc2)C1c1ccccc1. The van der Waals surface area contributed by atoms with Gasteiger partial charge in [0, 0.05) is 12.1 Å². The first-order chi connectivity index (χ1) is 13.6. The Labute approximate surface area is 164 Å². The lowest BCUT2D eigenvalue weighted by molar-refractivity contribution is -0.139. The maximum atomic E-state index is 12.7. The number of benzene rings is 2. The van der Waals surface area contributed by atoms with Crippen LogP contribution < -0.4 is 4.74 Å². The lowest BCUT2D eigenvalue weighted by Crippen LogP contribution is -2.29. The summed E-state index contributed by atoms with van der Waals surface area (Å²) in [5.74, 6) is -0.844. The number of carbonyl (C=O) groups excluding carboxylic acids is 2. The second-order valence-electron chi connectivity index (χ2n) is 6.52. The molecule has 2 aromatic rings. The number of ether oxygens (including phenoxy) is 1. The predicted octanol–water partition coefficient (Wildman–Crippen LogP) is 4.08. The molecule has 5 nitrogen and oxygen atoms in total. The molecule has 1 saturated heterocycles. The highest BCUT2D eigenvalue weighted by Gasteiger charge is 2.45. The van der Waals surface area contributed by atoms with E-state index >= 15 is 0 Å². The second kappa shape index (κ2) is 8.57. The van der Waals surface area contributed by atoms with Crippen LogP contribution in [-0.4, -0.2) is 34.8 Å². The highest BCUT2D eigenvalue weighted by atomic mass is 16.5. The van der Waals surface area contributed by atoms with Crippen LogP contribution in [0.1, 0.15) is 30.5 Å². The average molecular weight is 377 g/mol. The van der Waals surface area contributed by atoms with E-state index in [9.17, 15) is 14.7 Å². The summed E-state index contributed by atoms with van der Waals surface area (Å²) in [6, 6.07) is 15.4. The molecular weight excluding hydrogens is 354 g/mol. The molecule has 1 aliphatic heterocycles. The van der Waals surface area contributed by atoms with Gasteiger partial charge in [-0.1, -0.05) is 43.3 Å². The van der Waals surface area contributed by atoms with Crippen molar-refractivity contribution in [3.05, 3.63) is 84.0 Å². The Morgan fingerprint density at radius 1 is 1.14 bits per heavy atom. The molecule has 0 aromatic heterocycles. The lowest BCUT2D eigenvalue weighted by atomic mass is 9.95. The summed E-state index contributed by atoms with van der Waals surface area (Å²) in [7, 11) is 0. The van der Waals surface area contributed by atoms with Crippen molar-refractivity contribution in [3.8, 4) is 5.75 Å². The quantitative estimate of drug-likeness (QED) is 0.342. The number of Topliss-reactive ketones (excluding diaryl/α,β-unsaturated/α-hetero) is 1. The van der Waals surface area contributed by atoms with Crippen molar-refractivity contribution in [3.63, 3.8) is 0 Å². The molecule has 0 saturated carbocycles. The lowest BCUT2D eigenvalue weighted by Gasteiger charge is -2.24. The topological polar surface area (TPSA) is 66.8 Å². The fourth-order valence-electron chi connectivity index (χ4n) is 3.27. The van der Waals surface area contributed by atoms with Crippen molar-refractivity contribution in [2.45, 2.75) is 19.4 Å². The zero-order valence-corrected chi connectivity index (χ0v) is 15.8. The molecule has 1 unspecified atom stereocenters. The van der Waals surface area contributed by atoms with Crippen LogP contribution in [0.4, 0.5) is 0 Å². The summed E-state index contributed by atoms with van der Waals surface area (Å²) in [5, 5.41) is 10.9. The number of nitrogens with zero attached hydrogens (tertiary/aromatic N) is 1. The molecule has 1 N–H and O–H groups in total. The molecule has 2 aromatic carbocycles. The molecule has 1 amide bonds. The van der Waals surface area contributed by atoms with Crippen molar-refractivity contribution in [1.82, 2.24) is 4.90 Å². The minimum Gasteiger partial charge on any atom is -0.507 e. The Morgan fingerprint density at radius 2 is 1.82 bits per heavy atom. The van der Waals surface area contributed by atoms with E-state index in [-0.39, 0.29) is 17.9 Å². The van der Waals surface area contributed by atoms with Crippen molar-refractivity contribution >= 4 is 17.4 Å². The second-order valence-corrected chi connectivity index (χ2v) is 6.52. The van der Waals surface area contributed by atoms with Crippen molar-refractivity contribution in [1.29, 1.82) is 0 Å². The minimum atomic E-state index is -0.695. The highest BCUT2D eigenvalue weighted by Crippen LogP contribution is 2.39. The van der Waals surface area contributed by atoms with Gasteiger partial charge in [0.05, 0.1) is 18.2 Å². The zero-order valence-electron chi connectivity index (χ0n) is 15.8. The third kappa shape index (κ3) is 3.69. The van der Waals surface area contributed by atoms with Crippen molar-refractivity contribution in [2.75, 3.05) is 13.2 Å². The number of rotatable bonds is 7. The summed E-state index contributed by atoms with van der Waals surface area (Å²) >= 11 is 0. The van der Waals surface area contributed by atoms with E-state index in [1.165, 1.54) is 4.90 Å². The summed E-state index contributed by atoms with van der Waals surface area (Å²) in [6.07, 6.45) is 2.46. The summed E-state index contributed by atoms with van der Waals surface area (Å²) in [5.41, 5.74) is 1.30. The molecule has 28 heavy (non-hydrogen) atoms. The first-order valence-electron chi connectivity index (χ1n) is 9.26. The molecule has 1 atom stereocenters. The predicted molar refractivity (Wildman–Crippen MR) is 108 cm³/mol. The minimum absolute atomic E-state index is 0.0836. The van der Waals surface area contributed by atoms with E-state index in [1.54, 1.807) is 30.3 Å². The van der Waals surface area contributed by atoms with Gasteiger partial charge in [-0.05, 0) is 36.2 Å². The Bertz CT molecular complexity index is 900. The van der Waals surface area contributed by atoms with Gasteiger partial charge in [0.15, 0.2) is 0 Å². The first-order valence-corrected chi connectivity index (χ1v) is 9.26. The van der Waals surface area contributed by atoms with Crippen LogP contribution in [0.5, 0.6) is 5.75 Å². The van der Waals surface area contributed by atoms with Crippen LogP contribution in [0.2, 0.25) is 0 Å². The number of hydrogen-bond donors (Lipinski definition) is 1. The van der Waals surface area contributed by atoms with E-state index in [1.807, 2.05) is 37.3 Å². The summed E-state index contributed by atoms with van der Waals surface area (Å²) in [4.78, 5) is 26.7. The van der Waals surface area contributed by atoms with E-state index in [4.69, 9.17) is 4.74 Å². The molecule has 3 rings (SSSR count). The van der Waals surface area contributed by atoms with Crippen LogP contribution in [-0.2, 0) is 9.59 Å². The average Bonchev–Trinajstić information content (AvgIpc) is 2.98. The number of aliphatic hydroxyl groups is 1. The summed E-state index contributed by atoms with van der Waals surface area (Å²) in [6.45, 7) is 6.51. The van der Waals surface area contributed by atoms with Gasteiger partial charge in [-0.2, -0.15) is 0 Å². The third-order valence-electron chi connectivity index (χ3n) is 4.58. The molecule has 1 heterocycles. The van der Waals surface area contributed by atoms with Gasteiger partial charge in [0.1, 0.15) is 11.5 Å². The fourth-order valence-corrected chi connectivity index (χ4v) is 3.27. The van der Waals surface area contributed by atoms with Crippen LogP contribution in [0.3, 0.4) is 0 Å². The normalized spacial score (nSPS) is 18.3. The molecule has 0 aliphatic carbocycles. The molecule has 1 aliphatic rings. The van der Waals surface area contributed by atoms with Crippen LogP contribution >= 0.6 is 0 Å². The fraction of sp³-hybridized carbons (Fsp3) is 0.217. The standard InChI is InChI=1S/C23H23NO4/c1-3-14-24-20(16-8-6-5-7-9-16)19(22(26)23(24)27)21(25)17-10-12-18(13-11-17)28-15-4-2/h3,5-13,20,25H,1,4,14-15H2,2H3/b21-19-. The van der Waals surface area contributed by atoms with Gasteiger partial charge in [0.25, 0.3) is 11.7 Å². The Kier molecular flexibility index (Phi) is 5.94. The molecule has 1 fully saturated rings. The highest BCUT2D eigenvalue weighted by molar-refractivity contribution is 6.46. The first kappa shape index (κ1) is 19.4. The van der Waals surface area contributed by atoms with Crippen molar-refractivity contribution < 1.29 is 19.4 Å². The van der Waals surface area contributed by atoms with Crippen LogP contribution in [0.25, 0.3) is 5.76 Å². The molecule has 0 bridgehead atoms. The monoisotopic (exact) mass is 377 g/mol. The molecule has 0 radical (unpaired) electrons. The number of carbonyl (C=O) groups is 2. The largest absolute Gasteiger partial charge is 0.507 e. The van der Waals surface area contributed by atoms with E-state index in [0.717, 1.165) is 12.0 Å². The van der Waals surface area contributed by atoms with Gasteiger partial charge in [-0.25, -0.2) is 0 Å². The van der Waals surface area contributed by atoms with Gasteiger partial charge in [-0.15, -0.1) is 6.58 Å².